The third-order valence-corrected chi connectivity index (χ3v) is 8.34. The Labute approximate surface area is 210 Å². The number of ether oxygens (including phenoxy) is 1. The second-order valence-corrected chi connectivity index (χ2v) is 10.8. The number of unbranched alkanes of at least 4 members (excludes halogenated alkanes) is 1. The van der Waals surface area contributed by atoms with E-state index in [1.165, 1.54) is 34.4 Å². The summed E-state index contributed by atoms with van der Waals surface area (Å²) in [6.07, 6.45) is 6.03. The Balaban J connectivity index is 1.35. The van der Waals surface area contributed by atoms with Crippen molar-refractivity contribution in [2.24, 2.45) is 0 Å². The summed E-state index contributed by atoms with van der Waals surface area (Å²) in [5.74, 6) is 0. The van der Waals surface area contributed by atoms with Gasteiger partial charge in [-0.3, -0.25) is 9.80 Å². The number of piperidine rings is 1. The van der Waals surface area contributed by atoms with Crippen LogP contribution in [-0.4, -0.2) is 37.0 Å². The molecule has 0 bridgehead atoms. The molecule has 2 heterocycles. The molecule has 4 rings (SSSR count). The SMILES string of the molecule is CCCC[C@@H](OCc1cccc(CN2CCC(c3ccccc3)(N(C)C)CC2)c1)c1cccs1. The molecule has 0 aliphatic carbocycles. The van der Waals surface area contributed by atoms with Gasteiger partial charge >= 0.3 is 0 Å². The van der Waals surface area contributed by atoms with Crippen LogP contribution in [0.25, 0.3) is 0 Å². The molecule has 182 valence electrons. The van der Waals surface area contributed by atoms with Crippen molar-refractivity contribution in [3.8, 4) is 0 Å². The summed E-state index contributed by atoms with van der Waals surface area (Å²) in [6.45, 7) is 6.17. The fourth-order valence-corrected chi connectivity index (χ4v) is 6.08. The lowest BCUT2D eigenvalue weighted by Crippen LogP contribution is -2.50. The predicted molar refractivity (Wildman–Crippen MR) is 144 cm³/mol. The van der Waals surface area contributed by atoms with Crippen LogP contribution in [0.1, 0.15) is 66.7 Å². The number of hydrogen-bond donors (Lipinski definition) is 0. The minimum atomic E-state index is 0.142. The van der Waals surface area contributed by atoms with Gasteiger partial charge in [-0.1, -0.05) is 80.4 Å². The average molecular weight is 477 g/mol. The third kappa shape index (κ3) is 6.17. The molecule has 2 aromatic carbocycles. The van der Waals surface area contributed by atoms with Crippen LogP contribution in [-0.2, 0) is 23.4 Å². The quantitative estimate of drug-likeness (QED) is 0.290. The Kier molecular flexibility index (Phi) is 8.96. The van der Waals surface area contributed by atoms with Crippen molar-refractivity contribution < 1.29 is 4.74 Å². The van der Waals surface area contributed by atoms with Crippen LogP contribution in [0.3, 0.4) is 0 Å². The van der Waals surface area contributed by atoms with Gasteiger partial charge in [0.2, 0.25) is 0 Å². The summed E-state index contributed by atoms with van der Waals surface area (Å²) >= 11 is 1.81. The molecule has 0 N–H and O–H groups in total. The number of likely N-dealkylation sites (tertiary alicyclic amines) is 1. The van der Waals surface area contributed by atoms with Crippen molar-refractivity contribution in [3.63, 3.8) is 0 Å². The minimum Gasteiger partial charge on any atom is -0.368 e. The first kappa shape index (κ1) is 25.1. The lowest BCUT2D eigenvalue weighted by molar-refractivity contribution is 0.0346. The molecule has 4 heteroatoms. The van der Waals surface area contributed by atoms with Gasteiger partial charge in [0.1, 0.15) is 0 Å². The van der Waals surface area contributed by atoms with E-state index in [2.05, 4.69) is 103 Å². The molecule has 3 nitrogen and oxygen atoms in total. The van der Waals surface area contributed by atoms with Gasteiger partial charge in [0.05, 0.1) is 12.7 Å². The summed E-state index contributed by atoms with van der Waals surface area (Å²) < 4.78 is 6.41. The molecule has 0 spiro atoms. The molecule has 0 amide bonds. The first-order chi connectivity index (χ1) is 16.6. The maximum Gasteiger partial charge on any atom is 0.0921 e. The first-order valence-electron chi connectivity index (χ1n) is 12.8. The number of nitrogens with zero attached hydrogens (tertiary/aromatic N) is 2. The fraction of sp³-hybridized carbons (Fsp3) is 0.467. The average Bonchev–Trinajstić information content (AvgIpc) is 3.40. The van der Waals surface area contributed by atoms with E-state index in [9.17, 15) is 0 Å². The van der Waals surface area contributed by atoms with E-state index in [4.69, 9.17) is 4.74 Å². The molecule has 0 unspecified atom stereocenters. The molecule has 1 aromatic heterocycles. The largest absolute Gasteiger partial charge is 0.368 e. The molecule has 1 aliphatic heterocycles. The van der Waals surface area contributed by atoms with E-state index in [0.717, 1.165) is 38.9 Å². The van der Waals surface area contributed by atoms with Crippen LogP contribution in [0.2, 0.25) is 0 Å². The highest BCUT2D eigenvalue weighted by Gasteiger charge is 2.37. The van der Waals surface area contributed by atoms with Gasteiger partial charge < -0.3 is 4.74 Å². The Morgan fingerprint density at radius 1 is 0.971 bits per heavy atom. The summed E-state index contributed by atoms with van der Waals surface area (Å²) in [6, 6.07) is 24.4. The highest BCUT2D eigenvalue weighted by Crippen LogP contribution is 2.37. The van der Waals surface area contributed by atoms with Crippen LogP contribution < -0.4 is 0 Å². The summed E-state index contributed by atoms with van der Waals surface area (Å²) in [4.78, 5) is 6.39. The third-order valence-electron chi connectivity index (χ3n) is 7.38. The van der Waals surface area contributed by atoms with Crippen LogP contribution in [0, 0.1) is 0 Å². The van der Waals surface area contributed by atoms with E-state index in [1.54, 1.807) is 0 Å². The second kappa shape index (κ2) is 12.1. The van der Waals surface area contributed by atoms with E-state index in [1.807, 2.05) is 11.3 Å². The first-order valence-corrected chi connectivity index (χ1v) is 13.7. The Morgan fingerprint density at radius 2 is 1.74 bits per heavy atom. The molecule has 1 atom stereocenters. The van der Waals surface area contributed by atoms with Gasteiger partial charge in [-0.05, 0) is 61.5 Å². The lowest BCUT2D eigenvalue weighted by Gasteiger charge is -2.46. The lowest BCUT2D eigenvalue weighted by atomic mass is 9.79. The monoisotopic (exact) mass is 476 g/mol. The minimum absolute atomic E-state index is 0.142. The fourth-order valence-electron chi connectivity index (χ4n) is 5.27. The zero-order chi connectivity index (χ0) is 23.8. The molecular weight excluding hydrogens is 436 g/mol. The Morgan fingerprint density at radius 3 is 2.41 bits per heavy atom. The molecule has 0 saturated carbocycles. The predicted octanol–water partition coefficient (Wildman–Crippen LogP) is 7.25. The maximum atomic E-state index is 6.41. The molecule has 34 heavy (non-hydrogen) atoms. The molecule has 3 aromatic rings. The molecule has 0 radical (unpaired) electrons. The van der Waals surface area contributed by atoms with Crippen LogP contribution in [0.15, 0.2) is 72.1 Å². The number of benzene rings is 2. The van der Waals surface area contributed by atoms with Gasteiger partial charge in [0.25, 0.3) is 0 Å². The molecular formula is C30H40N2OS. The van der Waals surface area contributed by atoms with Crippen molar-refractivity contribution in [1.82, 2.24) is 9.80 Å². The topological polar surface area (TPSA) is 15.7 Å². The molecule has 1 aliphatic rings. The smallest absolute Gasteiger partial charge is 0.0921 e. The number of thiophene rings is 1. The summed E-state index contributed by atoms with van der Waals surface area (Å²) in [7, 11) is 4.46. The van der Waals surface area contributed by atoms with Gasteiger partial charge in [0, 0.05) is 30.1 Å². The standard InChI is InChI=1S/C30H40N2OS/c1-4-5-15-28(29-16-10-21-34-29)33-24-26-12-9-11-25(22-26)23-32-19-17-30(18-20-32,31(2)3)27-13-7-6-8-14-27/h6-14,16,21-22,28H,4-5,15,17-20,23-24H2,1-3H3/t28-/m1/s1. The molecule has 1 fully saturated rings. The Hall–Kier alpha value is -1.98. The van der Waals surface area contributed by atoms with Gasteiger partial charge in [-0.25, -0.2) is 0 Å². The van der Waals surface area contributed by atoms with E-state index in [0.29, 0.717) is 6.61 Å². The number of rotatable bonds is 11. The molecule has 1 saturated heterocycles. The van der Waals surface area contributed by atoms with Crippen molar-refractivity contribution in [3.05, 3.63) is 93.7 Å². The van der Waals surface area contributed by atoms with Crippen LogP contribution >= 0.6 is 11.3 Å². The number of hydrogen-bond acceptors (Lipinski definition) is 4. The van der Waals surface area contributed by atoms with E-state index >= 15 is 0 Å². The van der Waals surface area contributed by atoms with Gasteiger partial charge in [-0.15, -0.1) is 11.3 Å². The van der Waals surface area contributed by atoms with Crippen molar-refractivity contribution in [1.29, 1.82) is 0 Å². The van der Waals surface area contributed by atoms with E-state index < -0.39 is 0 Å². The summed E-state index contributed by atoms with van der Waals surface area (Å²) in [5.41, 5.74) is 4.25. The normalized spacial score (nSPS) is 17.2. The van der Waals surface area contributed by atoms with Crippen LogP contribution in [0.5, 0.6) is 0 Å². The zero-order valence-electron chi connectivity index (χ0n) is 21.1. The highest BCUT2D eigenvalue weighted by molar-refractivity contribution is 7.10. The maximum absolute atomic E-state index is 6.41. The summed E-state index contributed by atoms with van der Waals surface area (Å²) in [5, 5.41) is 2.15. The van der Waals surface area contributed by atoms with Crippen molar-refractivity contribution >= 4 is 11.3 Å². The zero-order valence-corrected chi connectivity index (χ0v) is 21.9. The Bertz CT molecular complexity index is 978. The van der Waals surface area contributed by atoms with Gasteiger partial charge in [-0.2, -0.15) is 0 Å². The van der Waals surface area contributed by atoms with Crippen molar-refractivity contribution in [2.45, 2.75) is 63.8 Å². The second-order valence-electron chi connectivity index (χ2n) is 9.85. The van der Waals surface area contributed by atoms with Crippen molar-refractivity contribution in [2.75, 3.05) is 27.2 Å². The van der Waals surface area contributed by atoms with Gasteiger partial charge in [0.15, 0.2) is 0 Å². The van der Waals surface area contributed by atoms with E-state index in [-0.39, 0.29) is 11.6 Å². The van der Waals surface area contributed by atoms with Crippen LogP contribution in [0.4, 0.5) is 0 Å². The highest BCUT2D eigenvalue weighted by atomic mass is 32.1.